The molecule has 2 N–H and O–H groups in total. The third-order valence-electron chi connectivity index (χ3n) is 3.37. The van der Waals surface area contributed by atoms with Gasteiger partial charge in [0.2, 0.25) is 0 Å². The Morgan fingerprint density at radius 2 is 2.28 bits per heavy atom. The normalized spacial score (nSPS) is 21.3. The van der Waals surface area contributed by atoms with Crippen molar-refractivity contribution in [2.24, 2.45) is 5.73 Å². The topological polar surface area (TPSA) is 72.4 Å². The van der Waals surface area contributed by atoms with Crippen LogP contribution in [0.1, 0.15) is 24.9 Å². The summed E-state index contributed by atoms with van der Waals surface area (Å²) in [5, 5.41) is 10.7. The maximum Gasteiger partial charge on any atom is 0.269 e. The van der Waals surface area contributed by atoms with Gasteiger partial charge in [0.05, 0.1) is 4.92 Å². The Kier molecular flexibility index (Phi) is 5.07. The molecule has 0 saturated carbocycles. The van der Waals surface area contributed by atoms with E-state index in [0.29, 0.717) is 0 Å². The second kappa shape index (κ2) is 6.13. The van der Waals surface area contributed by atoms with Crippen molar-refractivity contribution >= 4 is 18.1 Å². The van der Waals surface area contributed by atoms with Gasteiger partial charge in [0.15, 0.2) is 0 Å². The largest absolute Gasteiger partial charge is 0.326 e. The molecule has 1 aromatic rings. The number of nitrogens with zero attached hydrogens (tertiary/aromatic N) is 2. The van der Waals surface area contributed by atoms with Gasteiger partial charge in [-0.3, -0.25) is 15.0 Å². The molecule has 1 heterocycles. The van der Waals surface area contributed by atoms with Crippen LogP contribution < -0.4 is 5.73 Å². The first kappa shape index (κ1) is 14.9. The smallest absolute Gasteiger partial charge is 0.269 e. The maximum atomic E-state index is 10.7. The van der Waals surface area contributed by atoms with Gasteiger partial charge in [-0.05, 0) is 18.9 Å². The zero-order valence-electron chi connectivity index (χ0n) is 10.3. The monoisotopic (exact) mass is 271 g/mol. The van der Waals surface area contributed by atoms with Crippen molar-refractivity contribution in [1.82, 2.24) is 4.90 Å². The van der Waals surface area contributed by atoms with Crippen LogP contribution in [0.4, 0.5) is 5.69 Å². The van der Waals surface area contributed by atoms with Crippen LogP contribution in [0.5, 0.6) is 0 Å². The molecule has 2 rings (SSSR count). The number of benzene rings is 1. The molecule has 2 unspecified atom stereocenters. The van der Waals surface area contributed by atoms with Crippen LogP contribution >= 0.6 is 12.4 Å². The SMILES string of the molecule is CC(c1cccc([N+](=O)[O-])c1)N1CCC(N)C1.Cl. The number of nitro groups is 1. The molecule has 0 bridgehead atoms. The Morgan fingerprint density at radius 3 is 2.83 bits per heavy atom. The van der Waals surface area contributed by atoms with Crippen molar-refractivity contribution in [2.75, 3.05) is 13.1 Å². The molecule has 1 aromatic carbocycles. The van der Waals surface area contributed by atoms with Crippen molar-refractivity contribution in [3.8, 4) is 0 Å². The van der Waals surface area contributed by atoms with Crippen molar-refractivity contribution < 1.29 is 4.92 Å². The molecule has 100 valence electrons. The fourth-order valence-electron chi connectivity index (χ4n) is 2.28. The third-order valence-corrected chi connectivity index (χ3v) is 3.37. The Balaban J connectivity index is 0.00000162. The first-order valence-corrected chi connectivity index (χ1v) is 5.82. The molecule has 6 heteroatoms. The van der Waals surface area contributed by atoms with E-state index in [9.17, 15) is 10.1 Å². The van der Waals surface area contributed by atoms with Crippen LogP contribution in [-0.4, -0.2) is 29.0 Å². The van der Waals surface area contributed by atoms with Crippen LogP contribution in [0.3, 0.4) is 0 Å². The molecule has 0 amide bonds. The summed E-state index contributed by atoms with van der Waals surface area (Å²) in [7, 11) is 0. The number of nitrogens with two attached hydrogens (primary N) is 1. The van der Waals surface area contributed by atoms with Crippen LogP contribution in [0.2, 0.25) is 0 Å². The second-order valence-electron chi connectivity index (χ2n) is 4.57. The summed E-state index contributed by atoms with van der Waals surface area (Å²) in [5.41, 5.74) is 7.00. The predicted molar refractivity (Wildman–Crippen MR) is 72.9 cm³/mol. The van der Waals surface area contributed by atoms with Gasteiger partial charge in [0.1, 0.15) is 0 Å². The summed E-state index contributed by atoms with van der Waals surface area (Å²) < 4.78 is 0. The zero-order valence-corrected chi connectivity index (χ0v) is 11.1. The van der Waals surface area contributed by atoms with E-state index in [1.54, 1.807) is 12.1 Å². The number of halogens is 1. The van der Waals surface area contributed by atoms with Gasteiger partial charge in [-0.25, -0.2) is 0 Å². The second-order valence-corrected chi connectivity index (χ2v) is 4.57. The van der Waals surface area contributed by atoms with Gasteiger partial charge in [-0.15, -0.1) is 12.4 Å². The molecule has 0 aromatic heterocycles. The van der Waals surface area contributed by atoms with E-state index in [2.05, 4.69) is 11.8 Å². The zero-order chi connectivity index (χ0) is 12.4. The summed E-state index contributed by atoms with van der Waals surface area (Å²) >= 11 is 0. The molecule has 1 aliphatic heterocycles. The lowest BCUT2D eigenvalue weighted by atomic mass is 10.1. The standard InChI is InChI=1S/C12H17N3O2.ClH/c1-9(14-6-5-11(13)8-14)10-3-2-4-12(7-10)15(16)17;/h2-4,7,9,11H,5-6,8,13H2,1H3;1H. The minimum absolute atomic E-state index is 0. The van der Waals surface area contributed by atoms with Crippen molar-refractivity contribution in [1.29, 1.82) is 0 Å². The van der Waals surface area contributed by atoms with Gasteiger partial charge in [-0.2, -0.15) is 0 Å². The van der Waals surface area contributed by atoms with E-state index < -0.39 is 0 Å². The lowest BCUT2D eigenvalue weighted by molar-refractivity contribution is -0.384. The van der Waals surface area contributed by atoms with E-state index >= 15 is 0 Å². The van der Waals surface area contributed by atoms with Crippen LogP contribution in [-0.2, 0) is 0 Å². The van der Waals surface area contributed by atoms with Gasteiger partial charge >= 0.3 is 0 Å². The van der Waals surface area contributed by atoms with Crippen molar-refractivity contribution in [2.45, 2.75) is 25.4 Å². The average molecular weight is 272 g/mol. The van der Waals surface area contributed by atoms with E-state index in [1.165, 1.54) is 6.07 Å². The Bertz CT molecular complexity index is 428. The highest BCUT2D eigenvalue weighted by molar-refractivity contribution is 5.85. The number of hydrogen-bond acceptors (Lipinski definition) is 4. The number of hydrogen-bond donors (Lipinski definition) is 1. The summed E-state index contributed by atoms with van der Waals surface area (Å²) in [5.74, 6) is 0. The van der Waals surface area contributed by atoms with Gasteiger partial charge in [0, 0.05) is 37.3 Å². The Hall–Kier alpha value is -1.17. The van der Waals surface area contributed by atoms with Gasteiger partial charge in [0.25, 0.3) is 5.69 Å². The highest BCUT2D eigenvalue weighted by Gasteiger charge is 2.25. The highest BCUT2D eigenvalue weighted by Crippen LogP contribution is 2.26. The Labute approximate surface area is 113 Å². The molecule has 18 heavy (non-hydrogen) atoms. The number of nitro benzene ring substituents is 1. The lowest BCUT2D eigenvalue weighted by Crippen LogP contribution is -2.28. The molecule has 0 spiro atoms. The fourth-order valence-corrected chi connectivity index (χ4v) is 2.28. The first-order valence-electron chi connectivity index (χ1n) is 5.82. The van der Waals surface area contributed by atoms with Gasteiger partial charge in [-0.1, -0.05) is 12.1 Å². The van der Waals surface area contributed by atoms with Crippen molar-refractivity contribution in [3.05, 3.63) is 39.9 Å². The predicted octanol–water partition coefficient (Wildman–Crippen LogP) is 2.11. The quantitative estimate of drug-likeness (QED) is 0.675. The molecule has 2 atom stereocenters. The van der Waals surface area contributed by atoms with Crippen molar-refractivity contribution in [3.63, 3.8) is 0 Å². The van der Waals surface area contributed by atoms with Crippen LogP contribution in [0.15, 0.2) is 24.3 Å². The maximum absolute atomic E-state index is 10.7. The van der Waals surface area contributed by atoms with Gasteiger partial charge < -0.3 is 5.73 Å². The molecular formula is C12H18ClN3O2. The summed E-state index contributed by atoms with van der Waals surface area (Å²) in [6.07, 6.45) is 0.999. The van der Waals surface area contributed by atoms with E-state index in [0.717, 1.165) is 25.1 Å². The van der Waals surface area contributed by atoms with E-state index in [1.807, 2.05) is 6.07 Å². The Morgan fingerprint density at radius 1 is 1.56 bits per heavy atom. The van der Waals surface area contributed by atoms with Crippen LogP contribution in [0.25, 0.3) is 0 Å². The third kappa shape index (κ3) is 3.19. The fraction of sp³-hybridized carbons (Fsp3) is 0.500. The summed E-state index contributed by atoms with van der Waals surface area (Å²) in [4.78, 5) is 12.6. The highest BCUT2D eigenvalue weighted by atomic mass is 35.5. The molecular weight excluding hydrogens is 254 g/mol. The minimum atomic E-state index is -0.355. The summed E-state index contributed by atoms with van der Waals surface area (Å²) in [6, 6.07) is 7.25. The van der Waals surface area contributed by atoms with E-state index in [-0.39, 0.29) is 35.1 Å². The number of likely N-dealkylation sites (tertiary alicyclic amines) is 1. The molecule has 0 aliphatic carbocycles. The molecule has 1 saturated heterocycles. The van der Waals surface area contributed by atoms with Crippen LogP contribution in [0, 0.1) is 10.1 Å². The molecule has 5 nitrogen and oxygen atoms in total. The first-order chi connectivity index (χ1) is 8.08. The summed E-state index contributed by atoms with van der Waals surface area (Å²) in [6.45, 7) is 3.89. The number of non-ortho nitro benzene ring substituents is 1. The number of rotatable bonds is 3. The average Bonchev–Trinajstić information content (AvgIpc) is 2.75. The van der Waals surface area contributed by atoms with E-state index in [4.69, 9.17) is 5.73 Å². The lowest BCUT2D eigenvalue weighted by Gasteiger charge is -2.24. The molecule has 0 radical (unpaired) electrons. The molecule has 1 aliphatic rings. The molecule has 1 fully saturated rings. The minimum Gasteiger partial charge on any atom is -0.326 e.